The summed E-state index contributed by atoms with van der Waals surface area (Å²) in [4.78, 5) is 27.4. The van der Waals surface area contributed by atoms with Crippen LogP contribution in [-0.4, -0.2) is 40.6 Å². The number of ether oxygens (including phenoxy) is 1. The minimum absolute atomic E-state index is 0.0899. The van der Waals surface area contributed by atoms with Crippen LogP contribution in [-0.2, 0) is 11.2 Å². The van der Waals surface area contributed by atoms with Gasteiger partial charge in [-0.1, -0.05) is 23.9 Å². The van der Waals surface area contributed by atoms with Gasteiger partial charge in [0.05, 0.1) is 6.54 Å². The van der Waals surface area contributed by atoms with Crippen molar-refractivity contribution in [2.45, 2.75) is 18.6 Å². The SMILES string of the molecule is O=C1N[C@H](C(=O)NCC2Cc3cc(-c4cccnc4)ccc3O2)CS1. The van der Waals surface area contributed by atoms with Crippen LogP contribution in [0.3, 0.4) is 0 Å². The molecular weight excluding hydrogens is 338 g/mol. The summed E-state index contributed by atoms with van der Waals surface area (Å²) in [6, 6.07) is 9.59. The minimum Gasteiger partial charge on any atom is -0.488 e. The van der Waals surface area contributed by atoms with Gasteiger partial charge in [0.2, 0.25) is 5.91 Å². The average molecular weight is 355 g/mol. The van der Waals surface area contributed by atoms with E-state index in [0.717, 1.165) is 40.6 Å². The summed E-state index contributed by atoms with van der Waals surface area (Å²) in [5, 5.41) is 5.36. The predicted octanol–water partition coefficient (Wildman–Crippen LogP) is 1.99. The fourth-order valence-corrected chi connectivity index (χ4v) is 3.79. The molecule has 1 fully saturated rings. The molecule has 128 valence electrons. The molecule has 3 heterocycles. The Morgan fingerprint density at radius 3 is 3.04 bits per heavy atom. The van der Waals surface area contributed by atoms with Crippen molar-refractivity contribution in [1.29, 1.82) is 0 Å². The maximum Gasteiger partial charge on any atom is 0.279 e. The number of aromatic nitrogens is 1. The quantitative estimate of drug-likeness (QED) is 0.877. The molecule has 1 unspecified atom stereocenters. The first-order chi connectivity index (χ1) is 12.2. The van der Waals surface area contributed by atoms with Crippen LogP contribution in [0, 0.1) is 0 Å². The lowest BCUT2D eigenvalue weighted by Gasteiger charge is -2.14. The van der Waals surface area contributed by atoms with Crippen molar-refractivity contribution in [3.8, 4) is 16.9 Å². The highest BCUT2D eigenvalue weighted by atomic mass is 32.2. The topological polar surface area (TPSA) is 80.3 Å². The highest BCUT2D eigenvalue weighted by Crippen LogP contribution is 2.32. The van der Waals surface area contributed by atoms with Crippen molar-refractivity contribution in [2.75, 3.05) is 12.3 Å². The van der Waals surface area contributed by atoms with Gasteiger partial charge in [-0.25, -0.2) is 0 Å². The molecule has 2 aliphatic rings. The molecule has 1 aromatic heterocycles. The highest BCUT2D eigenvalue weighted by Gasteiger charge is 2.29. The molecular formula is C18H17N3O3S. The van der Waals surface area contributed by atoms with Gasteiger partial charge in [-0.05, 0) is 29.3 Å². The van der Waals surface area contributed by atoms with Crippen molar-refractivity contribution in [2.24, 2.45) is 0 Å². The third-order valence-corrected chi connectivity index (χ3v) is 5.17. The van der Waals surface area contributed by atoms with Crippen molar-refractivity contribution >= 4 is 22.9 Å². The Morgan fingerprint density at radius 2 is 2.28 bits per heavy atom. The first-order valence-electron chi connectivity index (χ1n) is 8.10. The first kappa shape index (κ1) is 16.0. The first-order valence-corrected chi connectivity index (χ1v) is 9.08. The largest absolute Gasteiger partial charge is 0.488 e. The summed E-state index contributed by atoms with van der Waals surface area (Å²) in [5.74, 6) is 1.18. The molecule has 4 rings (SSSR count). The van der Waals surface area contributed by atoms with Crippen LogP contribution in [0.25, 0.3) is 11.1 Å². The van der Waals surface area contributed by atoms with E-state index in [0.29, 0.717) is 12.3 Å². The minimum atomic E-state index is -0.446. The van der Waals surface area contributed by atoms with E-state index < -0.39 is 6.04 Å². The fourth-order valence-electron chi connectivity index (χ4n) is 3.01. The van der Waals surface area contributed by atoms with Crippen LogP contribution >= 0.6 is 11.8 Å². The lowest BCUT2D eigenvalue weighted by Crippen LogP contribution is -2.45. The molecule has 0 aliphatic carbocycles. The molecule has 0 bridgehead atoms. The van der Waals surface area contributed by atoms with Crippen molar-refractivity contribution in [3.05, 3.63) is 48.3 Å². The Balaban J connectivity index is 1.37. The molecule has 0 spiro atoms. The van der Waals surface area contributed by atoms with Gasteiger partial charge in [-0.2, -0.15) is 0 Å². The lowest BCUT2D eigenvalue weighted by molar-refractivity contribution is -0.122. The highest BCUT2D eigenvalue weighted by molar-refractivity contribution is 8.14. The molecule has 7 heteroatoms. The molecule has 0 saturated carbocycles. The summed E-state index contributed by atoms with van der Waals surface area (Å²) in [5.41, 5.74) is 3.30. The maximum atomic E-state index is 12.1. The second-order valence-electron chi connectivity index (χ2n) is 6.05. The third kappa shape index (κ3) is 3.46. The molecule has 0 radical (unpaired) electrons. The maximum absolute atomic E-state index is 12.1. The second-order valence-corrected chi connectivity index (χ2v) is 7.04. The molecule has 2 aliphatic heterocycles. The number of pyridine rings is 1. The number of thioether (sulfide) groups is 1. The van der Waals surface area contributed by atoms with Gasteiger partial charge in [0.25, 0.3) is 5.24 Å². The third-order valence-electron chi connectivity index (χ3n) is 4.29. The molecule has 1 saturated heterocycles. The smallest absolute Gasteiger partial charge is 0.279 e. The van der Waals surface area contributed by atoms with E-state index in [-0.39, 0.29) is 17.3 Å². The van der Waals surface area contributed by atoms with E-state index >= 15 is 0 Å². The van der Waals surface area contributed by atoms with E-state index in [1.54, 1.807) is 6.20 Å². The Hall–Kier alpha value is -2.54. The molecule has 2 aromatic rings. The summed E-state index contributed by atoms with van der Waals surface area (Å²) in [6.45, 7) is 0.423. The van der Waals surface area contributed by atoms with Crippen molar-refractivity contribution < 1.29 is 14.3 Å². The number of nitrogens with one attached hydrogen (secondary N) is 2. The fraction of sp³-hybridized carbons (Fsp3) is 0.278. The number of fused-ring (bicyclic) bond motifs is 1. The van der Waals surface area contributed by atoms with Gasteiger partial charge in [0.15, 0.2) is 0 Å². The van der Waals surface area contributed by atoms with E-state index in [1.807, 2.05) is 30.5 Å². The number of hydrogen-bond donors (Lipinski definition) is 2. The zero-order valence-corrected chi connectivity index (χ0v) is 14.2. The Bertz CT molecular complexity index is 812. The molecule has 25 heavy (non-hydrogen) atoms. The number of benzene rings is 1. The van der Waals surface area contributed by atoms with Crippen molar-refractivity contribution in [1.82, 2.24) is 15.6 Å². The lowest BCUT2D eigenvalue weighted by atomic mass is 10.0. The van der Waals surface area contributed by atoms with E-state index in [1.165, 1.54) is 0 Å². The van der Waals surface area contributed by atoms with Crippen LogP contribution in [0.1, 0.15) is 5.56 Å². The average Bonchev–Trinajstić information content (AvgIpc) is 3.25. The molecule has 2 atom stereocenters. The number of hydrogen-bond acceptors (Lipinski definition) is 5. The molecule has 2 N–H and O–H groups in total. The number of nitrogens with zero attached hydrogens (tertiary/aromatic N) is 1. The zero-order chi connectivity index (χ0) is 17.2. The van der Waals surface area contributed by atoms with Gasteiger partial charge in [-0.3, -0.25) is 14.6 Å². The summed E-state index contributed by atoms with van der Waals surface area (Å²) in [7, 11) is 0. The van der Waals surface area contributed by atoms with Crippen LogP contribution < -0.4 is 15.4 Å². The van der Waals surface area contributed by atoms with Gasteiger partial charge in [0, 0.05) is 30.1 Å². The van der Waals surface area contributed by atoms with Crippen LogP contribution in [0.4, 0.5) is 4.79 Å². The van der Waals surface area contributed by atoms with Gasteiger partial charge in [0.1, 0.15) is 17.9 Å². The van der Waals surface area contributed by atoms with E-state index in [9.17, 15) is 9.59 Å². The van der Waals surface area contributed by atoms with Crippen LogP contribution in [0.5, 0.6) is 5.75 Å². The summed E-state index contributed by atoms with van der Waals surface area (Å²) < 4.78 is 5.91. The number of amides is 2. The second kappa shape index (κ2) is 6.76. The van der Waals surface area contributed by atoms with E-state index in [2.05, 4.69) is 21.7 Å². The van der Waals surface area contributed by atoms with Gasteiger partial charge >= 0.3 is 0 Å². The monoisotopic (exact) mass is 355 g/mol. The Morgan fingerprint density at radius 1 is 1.36 bits per heavy atom. The number of carbonyl (C=O) groups excluding carboxylic acids is 2. The molecule has 6 nitrogen and oxygen atoms in total. The normalized spacial score (nSPS) is 21.4. The Labute approximate surface area is 149 Å². The molecule has 1 aromatic carbocycles. The van der Waals surface area contributed by atoms with E-state index in [4.69, 9.17) is 4.74 Å². The number of rotatable bonds is 4. The number of carbonyl (C=O) groups is 2. The summed E-state index contributed by atoms with van der Waals surface area (Å²) >= 11 is 1.13. The predicted molar refractivity (Wildman–Crippen MR) is 95.6 cm³/mol. The van der Waals surface area contributed by atoms with Crippen LogP contribution in [0.2, 0.25) is 0 Å². The van der Waals surface area contributed by atoms with Gasteiger partial charge in [-0.15, -0.1) is 0 Å². The standard InChI is InChI=1S/C18H17N3O3S/c22-17(15-10-25-18(23)21-15)20-9-14-7-13-6-11(3-4-16(13)24-14)12-2-1-5-19-8-12/h1-6,8,14-15H,7,9-10H2,(H,20,22)(H,21,23)/t14?,15-/m0/s1. The van der Waals surface area contributed by atoms with Crippen LogP contribution in [0.15, 0.2) is 42.7 Å². The Kier molecular flexibility index (Phi) is 4.31. The van der Waals surface area contributed by atoms with Crippen molar-refractivity contribution in [3.63, 3.8) is 0 Å². The molecule has 2 amide bonds. The summed E-state index contributed by atoms with van der Waals surface area (Å²) in [6.07, 6.45) is 4.25. The zero-order valence-electron chi connectivity index (χ0n) is 13.4. The van der Waals surface area contributed by atoms with Gasteiger partial charge < -0.3 is 15.4 Å².